The van der Waals surface area contributed by atoms with Crippen LogP contribution in [0.15, 0.2) is 58.3 Å². The molecule has 176 valence electrons. The summed E-state index contributed by atoms with van der Waals surface area (Å²) in [6.07, 6.45) is -0.0108. The summed E-state index contributed by atoms with van der Waals surface area (Å²) in [6, 6.07) is 9.87. The predicted octanol–water partition coefficient (Wildman–Crippen LogP) is 2.03. The van der Waals surface area contributed by atoms with E-state index in [2.05, 4.69) is 9.44 Å². The molecule has 1 aliphatic heterocycles. The molecule has 2 aromatic carbocycles. The monoisotopic (exact) mass is 506 g/mol. The summed E-state index contributed by atoms with van der Waals surface area (Å²) in [7, 11) is -7.73. The first-order valence-electron chi connectivity index (χ1n) is 9.90. The van der Waals surface area contributed by atoms with Crippen molar-refractivity contribution in [3.05, 3.63) is 59.4 Å². The van der Waals surface area contributed by atoms with Crippen molar-refractivity contribution in [2.75, 3.05) is 13.2 Å². The average molecular weight is 507 g/mol. The van der Waals surface area contributed by atoms with Crippen LogP contribution in [0.2, 0.25) is 5.02 Å². The molecule has 12 heteroatoms. The van der Waals surface area contributed by atoms with Gasteiger partial charge in [-0.25, -0.2) is 30.7 Å². The first-order valence-corrected chi connectivity index (χ1v) is 13.2. The van der Waals surface area contributed by atoms with Gasteiger partial charge in [0.2, 0.25) is 20.0 Å². The van der Waals surface area contributed by atoms with E-state index in [4.69, 9.17) is 16.3 Å². The number of hydrogen-bond donors (Lipinski definition) is 3. The highest BCUT2D eigenvalue weighted by atomic mass is 35.5. The standard InChI is InChI=1S/C20H24ClFN2O6S2/c21-14-3-1-5-17(11-14)32(28,29)24-19-8-7-16(30-20(19)13-25)9-10-23-31(26,27)18-6-2-4-15(22)12-18/h1-6,11-12,16,19-20,23-25H,7-10,13H2/t16-,19-,20+/m1/s1. The fraction of sp³-hybridized carbons (Fsp3) is 0.400. The molecule has 1 fully saturated rings. The van der Waals surface area contributed by atoms with Crippen molar-refractivity contribution in [3.63, 3.8) is 0 Å². The van der Waals surface area contributed by atoms with E-state index in [0.717, 1.165) is 12.1 Å². The zero-order chi connectivity index (χ0) is 23.4. The fourth-order valence-corrected chi connectivity index (χ4v) is 6.13. The third-order valence-electron chi connectivity index (χ3n) is 5.07. The Morgan fingerprint density at radius 3 is 2.38 bits per heavy atom. The van der Waals surface area contributed by atoms with Gasteiger partial charge in [0.15, 0.2) is 0 Å². The van der Waals surface area contributed by atoms with E-state index in [1.165, 1.54) is 30.3 Å². The smallest absolute Gasteiger partial charge is 0.240 e. The highest BCUT2D eigenvalue weighted by molar-refractivity contribution is 7.89. The lowest BCUT2D eigenvalue weighted by atomic mass is 9.98. The van der Waals surface area contributed by atoms with Gasteiger partial charge < -0.3 is 9.84 Å². The van der Waals surface area contributed by atoms with E-state index in [9.17, 15) is 26.3 Å². The summed E-state index contributed by atoms with van der Waals surface area (Å²) in [5.74, 6) is -0.652. The summed E-state index contributed by atoms with van der Waals surface area (Å²) in [4.78, 5) is -0.165. The maximum atomic E-state index is 13.3. The molecule has 0 spiro atoms. The van der Waals surface area contributed by atoms with Crippen molar-refractivity contribution in [3.8, 4) is 0 Å². The van der Waals surface area contributed by atoms with Gasteiger partial charge in [-0.3, -0.25) is 0 Å². The molecule has 1 heterocycles. The van der Waals surface area contributed by atoms with Crippen molar-refractivity contribution >= 4 is 31.6 Å². The number of sulfonamides is 2. The van der Waals surface area contributed by atoms with Gasteiger partial charge in [0.05, 0.1) is 34.6 Å². The molecule has 1 saturated heterocycles. The normalized spacial score (nSPS) is 22.0. The SMILES string of the molecule is O=S(=O)(NCC[C@H]1CC[C@@H](NS(=O)(=O)c2cccc(Cl)c2)[C@H](CO)O1)c1cccc(F)c1. The molecule has 0 bridgehead atoms. The Kier molecular flexibility index (Phi) is 8.26. The molecule has 3 rings (SSSR count). The number of hydrogen-bond acceptors (Lipinski definition) is 6. The van der Waals surface area contributed by atoms with E-state index < -0.39 is 44.6 Å². The van der Waals surface area contributed by atoms with Crippen molar-refractivity contribution in [2.45, 2.75) is 47.3 Å². The van der Waals surface area contributed by atoms with E-state index in [0.29, 0.717) is 19.3 Å². The summed E-state index contributed by atoms with van der Waals surface area (Å²) in [6.45, 7) is -0.366. The van der Waals surface area contributed by atoms with Crippen LogP contribution in [0.4, 0.5) is 4.39 Å². The van der Waals surface area contributed by atoms with E-state index in [-0.39, 0.29) is 27.5 Å². The minimum absolute atomic E-state index is 0.00979. The fourth-order valence-electron chi connectivity index (χ4n) is 3.45. The van der Waals surface area contributed by atoms with E-state index in [1.54, 1.807) is 6.07 Å². The Hall–Kier alpha value is -1.60. The van der Waals surface area contributed by atoms with Crippen LogP contribution >= 0.6 is 11.6 Å². The lowest BCUT2D eigenvalue weighted by Gasteiger charge is -2.36. The number of benzene rings is 2. The van der Waals surface area contributed by atoms with Crippen molar-refractivity contribution in [1.82, 2.24) is 9.44 Å². The van der Waals surface area contributed by atoms with Crippen LogP contribution in [-0.4, -0.2) is 53.3 Å². The van der Waals surface area contributed by atoms with Crippen molar-refractivity contribution in [2.24, 2.45) is 0 Å². The molecule has 0 aliphatic carbocycles. The van der Waals surface area contributed by atoms with Gasteiger partial charge in [0, 0.05) is 11.6 Å². The molecule has 8 nitrogen and oxygen atoms in total. The average Bonchev–Trinajstić information content (AvgIpc) is 2.74. The van der Waals surface area contributed by atoms with Crippen LogP contribution in [0, 0.1) is 5.82 Å². The Labute approximate surface area is 191 Å². The number of aliphatic hydroxyl groups excluding tert-OH is 1. The second-order valence-electron chi connectivity index (χ2n) is 7.39. The minimum atomic E-state index is -3.87. The highest BCUT2D eigenvalue weighted by Crippen LogP contribution is 2.24. The van der Waals surface area contributed by atoms with Gasteiger partial charge in [-0.2, -0.15) is 0 Å². The number of aliphatic hydroxyl groups is 1. The Morgan fingerprint density at radius 2 is 1.72 bits per heavy atom. The zero-order valence-corrected chi connectivity index (χ0v) is 19.3. The molecule has 2 aromatic rings. The third kappa shape index (κ3) is 6.47. The molecule has 0 radical (unpaired) electrons. The van der Waals surface area contributed by atoms with Gasteiger partial charge in [-0.1, -0.05) is 23.7 Å². The molecular weight excluding hydrogens is 483 g/mol. The second-order valence-corrected chi connectivity index (χ2v) is 11.3. The Morgan fingerprint density at radius 1 is 1.03 bits per heavy atom. The van der Waals surface area contributed by atoms with Crippen LogP contribution < -0.4 is 9.44 Å². The first-order chi connectivity index (χ1) is 15.1. The number of rotatable bonds is 9. The lowest BCUT2D eigenvalue weighted by Crippen LogP contribution is -2.51. The third-order valence-corrected chi connectivity index (χ3v) is 8.25. The summed E-state index contributed by atoms with van der Waals surface area (Å²) in [5.41, 5.74) is 0. The first kappa shape index (κ1) is 25.0. The number of ether oxygens (including phenoxy) is 1. The molecule has 0 amide bonds. The maximum absolute atomic E-state index is 13.3. The summed E-state index contributed by atoms with van der Waals surface area (Å²) in [5, 5.41) is 9.98. The van der Waals surface area contributed by atoms with Gasteiger partial charge in [-0.15, -0.1) is 0 Å². The van der Waals surface area contributed by atoms with Crippen LogP contribution in [0.1, 0.15) is 19.3 Å². The minimum Gasteiger partial charge on any atom is -0.394 e. The van der Waals surface area contributed by atoms with Gasteiger partial charge >= 0.3 is 0 Å². The quantitative estimate of drug-likeness (QED) is 0.478. The Balaban J connectivity index is 1.55. The van der Waals surface area contributed by atoms with Crippen LogP contribution in [0.25, 0.3) is 0 Å². The Bertz CT molecular complexity index is 1150. The molecule has 1 aliphatic rings. The van der Waals surface area contributed by atoms with Crippen molar-refractivity contribution in [1.29, 1.82) is 0 Å². The molecule has 0 aromatic heterocycles. The summed E-state index contributed by atoms with van der Waals surface area (Å²) < 4.78 is 73.8. The molecule has 32 heavy (non-hydrogen) atoms. The number of nitrogens with one attached hydrogen (secondary N) is 2. The largest absolute Gasteiger partial charge is 0.394 e. The lowest BCUT2D eigenvalue weighted by molar-refractivity contribution is -0.0869. The second kappa shape index (κ2) is 10.6. The topological polar surface area (TPSA) is 122 Å². The summed E-state index contributed by atoms with van der Waals surface area (Å²) >= 11 is 5.87. The van der Waals surface area contributed by atoms with E-state index >= 15 is 0 Å². The van der Waals surface area contributed by atoms with Crippen molar-refractivity contribution < 1.29 is 31.1 Å². The molecule has 3 N–H and O–H groups in total. The maximum Gasteiger partial charge on any atom is 0.240 e. The molecule has 3 atom stereocenters. The van der Waals surface area contributed by atoms with Crippen LogP contribution in [0.3, 0.4) is 0 Å². The molecule has 0 unspecified atom stereocenters. The van der Waals surface area contributed by atoms with E-state index in [1.807, 2.05) is 0 Å². The van der Waals surface area contributed by atoms with Gasteiger partial charge in [0.25, 0.3) is 0 Å². The zero-order valence-electron chi connectivity index (χ0n) is 16.9. The van der Waals surface area contributed by atoms with Gasteiger partial charge in [0.1, 0.15) is 5.82 Å². The number of halogens is 2. The predicted molar refractivity (Wildman–Crippen MR) is 117 cm³/mol. The van der Waals surface area contributed by atoms with Crippen LogP contribution in [0.5, 0.6) is 0 Å². The van der Waals surface area contributed by atoms with Gasteiger partial charge in [-0.05, 0) is 55.7 Å². The highest BCUT2D eigenvalue weighted by Gasteiger charge is 2.34. The van der Waals surface area contributed by atoms with Crippen LogP contribution in [-0.2, 0) is 24.8 Å². The molecular formula is C20H24ClFN2O6S2. The molecule has 0 saturated carbocycles.